The van der Waals surface area contributed by atoms with Crippen LogP contribution in [0.4, 0.5) is 24.7 Å². The molecule has 1 aromatic heterocycles. The van der Waals surface area contributed by atoms with Crippen LogP contribution in [-0.2, 0) is 17.4 Å². The summed E-state index contributed by atoms with van der Waals surface area (Å²) in [5, 5.41) is 14.8. The van der Waals surface area contributed by atoms with Crippen LogP contribution in [-0.4, -0.2) is 46.9 Å². The minimum absolute atomic E-state index is 0.0400. The van der Waals surface area contributed by atoms with Crippen LogP contribution in [0.1, 0.15) is 29.7 Å². The Morgan fingerprint density at radius 3 is 2.41 bits per heavy atom. The molecule has 0 unspecified atom stereocenters. The molecule has 4 rings (SSSR count). The van der Waals surface area contributed by atoms with Crippen molar-refractivity contribution >= 4 is 39.9 Å². The van der Waals surface area contributed by atoms with Gasteiger partial charge in [0.05, 0.1) is 35.6 Å². The molecule has 3 aromatic carbocycles. The van der Waals surface area contributed by atoms with E-state index in [1.54, 1.807) is 45.3 Å². The second-order valence-corrected chi connectivity index (χ2v) is 9.84. The molecule has 1 N–H and O–H groups in total. The Morgan fingerprint density at radius 1 is 1.10 bits per heavy atom. The van der Waals surface area contributed by atoms with Crippen molar-refractivity contribution < 1.29 is 27.6 Å². The summed E-state index contributed by atoms with van der Waals surface area (Å²) in [7, 11) is 4.86. The molecule has 0 radical (unpaired) electrons. The molecule has 0 aliphatic heterocycles. The van der Waals surface area contributed by atoms with E-state index < -0.39 is 28.4 Å². The Kier molecular flexibility index (Phi) is 8.34. The molecule has 214 valence electrons. The van der Waals surface area contributed by atoms with Crippen molar-refractivity contribution in [3.63, 3.8) is 0 Å². The highest BCUT2D eigenvalue weighted by Crippen LogP contribution is 2.36. The highest BCUT2D eigenvalue weighted by molar-refractivity contribution is 6.28. The third kappa shape index (κ3) is 6.65. The molecule has 1 amide bonds. The monoisotopic (exact) mass is 587 g/mol. The molecule has 0 spiro atoms. The number of fused-ring (bicyclic) bond motifs is 1. The summed E-state index contributed by atoms with van der Waals surface area (Å²) >= 11 is 6.13. The average Bonchev–Trinajstić information content (AvgIpc) is 2.92. The van der Waals surface area contributed by atoms with E-state index in [0.29, 0.717) is 22.7 Å². The zero-order chi connectivity index (χ0) is 30.1. The molecule has 13 heteroatoms. The molecule has 0 saturated heterocycles. The molecular weight excluding hydrogens is 563 g/mol. The van der Waals surface area contributed by atoms with Gasteiger partial charge in [0.2, 0.25) is 11.2 Å². The molecule has 9 nitrogen and oxygen atoms in total. The fourth-order valence-corrected chi connectivity index (χ4v) is 4.40. The first-order chi connectivity index (χ1) is 19.3. The van der Waals surface area contributed by atoms with Crippen molar-refractivity contribution in [1.29, 1.82) is 0 Å². The van der Waals surface area contributed by atoms with Gasteiger partial charge in [-0.25, -0.2) is 9.97 Å². The molecule has 1 atom stereocenters. The lowest BCUT2D eigenvalue weighted by molar-refractivity contribution is -0.385. The van der Waals surface area contributed by atoms with Gasteiger partial charge in [-0.05, 0) is 59.5 Å². The number of carbonyl (C=O) groups excluding carboxylic acids is 1. The van der Waals surface area contributed by atoms with Crippen LogP contribution in [0.25, 0.3) is 22.0 Å². The first-order valence-corrected chi connectivity index (χ1v) is 12.6. The summed E-state index contributed by atoms with van der Waals surface area (Å²) in [5.74, 6) is 0.685. The van der Waals surface area contributed by atoms with Crippen LogP contribution in [0.15, 0.2) is 54.6 Å². The van der Waals surface area contributed by atoms with Crippen LogP contribution < -0.4 is 10.1 Å². The third-order valence-electron chi connectivity index (χ3n) is 6.46. The Morgan fingerprint density at radius 2 is 1.78 bits per heavy atom. The number of carbonyl (C=O) groups is 1. The van der Waals surface area contributed by atoms with Crippen LogP contribution in [0.5, 0.6) is 5.75 Å². The van der Waals surface area contributed by atoms with E-state index in [1.165, 1.54) is 12.0 Å². The molecular formula is C28H25ClF3N5O4. The molecule has 0 bridgehead atoms. The van der Waals surface area contributed by atoms with Gasteiger partial charge in [-0.3, -0.25) is 14.9 Å². The largest absolute Gasteiger partial charge is 0.496 e. The summed E-state index contributed by atoms with van der Waals surface area (Å²) in [4.78, 5) is 32.6. The van der Waals surface area contributed by atoms with Gasteiger partial charge in [0.15, 0.2) is 0 Å². The molecule has 0 fully saturated rings. The number of anilines is 1. The Labute approximate surface area is 238 Å². The number of ether oxygens (including phenoxy) is 1. The predicted molar refractivity (Wildman–Crippen MR) is 149 cm³/mol. The molecule has 4 aromatic rings. The minimum Gasteiger partial charge on any atom is -0.496 e. The molecule has 0 aliphatic rings. The number of alkyl halides is 3. The number of halogens is 4. The Bertz CT molecular complexity index is 1650. The Balaban J connectivity index is 1.73. The zero-order valence-corrected chi connectivity index (χ0v) is 23.2. The van der Waals surface area contributed by atoms with Crippen LogP contribution in [0, 0.1) is 10.1 Å². The number of nitrogens with one attached hydrogen (secondary N) is 1. The average molecular weight is 588 g/mol. The fourth-order valence-electron chi connectivity index (χ4n) is 4.22. The van der Waals surface area contributed by atoms with Crippen LogP contribution in [0.3, 0.4) is 0 Å². The number of methoxy groups -OCH3 is 1. The smallest absolute Gasteiger partial charge is 0.416 e. The maximum Gasteiger partial charge on any atom is 0.416 e. The molecule has 1 heterocycles. The molecule has 0 saturated carbocycles. The number of aromatic nitrogens is 2. The molecule has 41 heavy (non-hydrogen) atoms. The first kappa shape index (κ1) is 29.5. The number of amides is 1. The zero-order valence-electron chi connectivity index (χ0n) is 22.4. The number of nitro benzene ring substituents is 1. The normalized spacial score (nSPS) is 12.2. The number of hydrogen-bond donors (Lipinski definition) is 1. The van der Waals surface area contributed by atoms with Gasteiger partial charge in [0.25, 0.3) is 5.69 Å². The van der Waals surface area contributed by atoms with Crippen molar-refractivity contribution in [1.82, 2.24) is 14.9 Å². The van der Waals surface area contributed by atoms with Crippen LogP contribution >= 0.6 is 11.6 Å². The van der Waals surface area contributed by atoms with Crippen molar-refractivity contribution in [2.45, 2.75) is 25.6 Å². The lowest BCUT2D eigenvalue weighted by atomic mass is 9.99. The summed E-state index contributed by atoms with van der Waals surface area (Å²) in [5.41, 5.74) is 0.938. The van der Waals surface area contributed by atoms with Gasteiger partial charge in [-0.15, -0.1) is 0 Å². The van der Waals surface area contributed by atoms with E-state index in [0.717, 1.165) is 28.8 Å². The molecule has 0 aliphatic carbocycles. The standard InChI is InChI=1S/C28H25ClF3N5O4/c1-15(19-9-20(28(30,31)32)14-21(10-19)37(39)40)33-26-22-11-16(7-8-23(22)34-27(29)35-26)17-5-6-18(24(12-17)41-4)13-25(38)36(2)3/h5-12,14-15H,13H2,1-4H3,(H,33,34,35)/t15-/m1/s1. The third-order valence-corrected chi connectivity index (χ3v) is 6.63. The van der Waals surface area contributed by atoms with E-state index >= 15 is 0 Å². The number of non-ortho nitro benzene ring substituents is 1. The van der Waals surface area contributed by atoms with Gasteiger partial charge >= 0.3 is 6.18 Å². The van der Waals surface area contributed by atoms with Gasteiger partial charge in [0.1, 0.15) is 11.6 Å². The van der Waals surface area contributed by atoms with E-state index in [2.05, 4.69) is 15.3 Å². The van der Waals surface area contributed by atoms with Crippen molar-refractivity contribution in [3.8, 4) is 16.9 Å². The lowest BCUT2D eigenvalue weighted by Gasteiger charge is -2.18. The summed E-state index contributed by atoms with van der Waals surface area (Å²) in [6.45, 7) is 1.56. The topological polar surface area (TPSA) is 110 Å². The second kappa shape index (κ2) is 11.6. The van der Waals surface area contributed by atoms with E-state index in [9.17, 15) is 28.1 Å². The number of benzene rings is 3. The number of hydrogen-bond acceptors (Lipinski definition) is 7. The number of nitro groups is 1. The van der Waals surface area contributed by atoms with Crippen molar-refractivity contribution in [2.24, 2.45) is 0 Å². The second-order valence-electron chi connectivity index (χ2n) is 9.50. The first-order valence-electron chi connectivity index (χ1n) is 12.2. The summed E-state index contributed by atoms with van der Waals surface area (Å²) < 4.78 is 45.8. The highest BCUT2D eigenvalue weighted by atomic mass is 35.5. The minimum atomic E-state index is -4.77. The number of rotatable bonds is 8. The van der Waals surface area contributed by atoms with Gasteiger partial charge in [-0.2, -0.15) is 13.2 Å². The van der Waals surface area contributed by atoms with Crippen LogP contribution in [0.2, 0.25) is 5.28 Å². The summed E-state index contributed by atoms with van der Waals surface area (Å²) in [6, 6.07) is 12.4. The van der Waals surface area contributed by atoms with E-state index in [1.807, 2.05) is 12.1 Å². The number of likely N-dealkylation sites (N-methyl/N-ethyl adjacent to an activating group) is 1. The SMILES string of the molecule is COc1cc(-c2ccc3nc(Cl)nc(N[C@H](C)c4cc([N+](=O)[O-])cc(C(F)(F)F)c4)c3c2)ccc1CC(=O)N(C)C. The summed E-state index contributed by atoms with van der Waals surface area (Å²) in [6.07, 6.45) is -4.60. The lowest BCUT2D eigenvalue weighted by Crippen LogP contribution is -2.23. The van der Waals surface area contributed by atoms with Gasteiger partial charge in [0, 0.05) is 37.2 Å². The maximum absolute atomic E-state index is 13.4. The van der Waals surface area contributed by atoms with E-state index in [4.69, 9.17) is 16.3 Å². The van der Waals surface area contributed by atoms with Crippen molar-refractivity contribution in [3.05, 3.63) is 86.7 Å². The van der Waals surface area contributed by atoms with Crippen molar-refractivity contribution in [2.75, 3.05) is 26.5 Å². The quantitative estimate of drug-likeness (QED) is 0.139. The fraction of sp³-hybridized carbons (Fsp3) is 0.250. The van der Waals surface area contributed by atoms with E-state index in [-0.39, 0.29) is 29.0 Å². The maximum atomic E-state index is 13.4. The van der Waals surface area contributed by atoms with Gasteiger partial charge < -0.3 is 15.0 Å². The Hall–Kier alpha value is -4.45. The number of nitrogens with zero attached hydrogens (tertiary/aromatic N) is 4. The van der Waals surface area contributed by atoms with Gasteiger partial charge in [-0.1, -0.05) is 18.2 Å². The predicted octanol–water partition coefficient (Wildman–Crippen LogP) is 6.69. The highest BCUT2D eigenvalue weighted by Gasteiger charge is 2.33.